The zero-order chi connectivity index (χ0) is 12.1. The van der Waals surface area contributed by atoms with E-state index in [1.807, 2.05) is 0 Å². The highest BCUT2D eigenvalue weighted by molar-refractivity contribution is 5.37. The van der Waals surface area contributed by atoms with Gasteiger partial charge in [0.1, 0.15) is 34.9 Å². The summed E-state index contributed by atoms with van der Waals surface area (Å²) < 4.78 is 10.3. The lowest BCUT2D eigenvalue weighted by Gasteiger charge is -2.39. The summed E-state index contributed by atoms with van der Waals surface area (Å²) in [4.78, 5) is 11.5. The monoisotopic (exact) mass is 226 g/mol. The molecule has 0 unspecified atom stereocenters. The van der Waals surface area contributed by atoms with Gasteiger partial charge in [-0.15, -0.1) is 0 Å². The molecule has 1 aromatic rings. The van der Waals surface area contributed by atoms with Gasteiger partial charge in [-0.05, 0) is 20.8 Å². The summed E-state index contributed by atoms with van der Waals surface area (Å²) in [6, 6.07) is 1.54. The van der Waals surface area contributed by atoms with Gasteiger partial charge >= 0.3 is 5.63 Å². The molecule has 0 aromatic carbocycles. The van der Waals surface area contributed by atoms with Crippen LogP contribution < -0.4 is 10.4 Å². The normalized spacial score (nSPS) is 27.1. The van der Waals surface area contributed by atoms with Gasteiger partial charge in [-0.3, -0.25) is 0 Å². The number of hydrogen-bond acceptors (Lipinski definition) is 5. The Balaban J connectivity index is 2.64. The van der Waals surface area contributed by atoms with Gasteiger partial charge in [0.15, 0.2) is 0 Å². The predicted octanol–water partition coefficient (Wildman–Crippen LogP) is 0.514. The Morgan fingerprint density at radius 1 is 1.38 bits per heavy atom. The average molecular weight is 226 g/mol. The fraction of sp³-hybridized carbons (Fsp3) is 0.545. The Labute approximate surface area is 92.3 Å². The third kappa shape index (κ3) is 1.52. The van der Waals surface area contributed by atoms with Gasteiger partial charge < -0.3 is 19.4 Å². The van der Waals surface area contributed by atoms with Crippen molar-refractivity contribution in [3.63, 3.8) is 0 Å². The van der Waals surface area contributed by atoms with Crippen LogP contribution in [0.4, 0.5) is 0 Å². The summed E-state index contributed by atoms with van der Waals surface area (Å²) in [5.41, 5.74) is -1.62. The molecule has 5 nitrogen and oxygen atoms in total. The summed E-state index contributed by atoms with van der Waals surface area (Å²) in [5, 5.41) is 19.6. The first-order valence-electron chi connectivity index (χ1n) is 5.03. The Morgan fingerprint density at radius 3 is 2.62 bits per heavy atom. The van der Waals surface area contributed by atoms with Crippen LogP contribution in [-0.2, 0) is 0 Å². The standard InChI is InChI=1S/C11H14O5/c1-5-4-6-7(10(14)15-5)8(12)9(13)11(2,3)16-6/h4,8-9,12-13H,1-3H3/t8-,9-/m0/s1. The van der Waals surface area contributed by atoms with E-state index >= 15 is 0 Å². The molecule has 0 spiro atoms. The van der Waals surface area contributed by atoms with E-state index in [9.17, 15) is 15.0 Å². The van der Waals surface area contributed by atoms with Gasteiger partial charge in [0.25, 0.3) is 0 Å². The average Bonchev–Trinajstić information content (AvgIpc) is 2.12. The largest absolute Gasteiger partial charge is 0.484 e. The van der Waals surface area contributed by atoms with E-state index in [4.69, 9.17) is 9.15 Å². The molecule has 0 saturated heterocycles. The molecule has 16 heavy (non-hydrogen) atoms. The Kier molecular flexibility index (Phi) is 2.32. The van der Waals surface area contributed by atoms with Gasteiger partial charge in [0.05, 0.1) is 0 Å². The number of rotatable bonds is 0. The van der Waals surface area contributed by atoms with Crippen molar-refractivity contribution >= 4 is 0 Å². The number of fused-ring (bicyclic) bond motifs is 1. The Morgan fingerprint density at radius 2 is 2.00 bits per heavy atom. The summed E-state index contributed by atoms with van der Waals surface area (Å²) in [5.74, 6) is 0.680. The highest BCUT2D eigenvalue weighted by Crippen LogP contribution is 2.37. The second-order valence-corrected chi connectivity index (χ2v) is 4.52. The van der Waals surface area contributed by atoms with Gasteiger partial charge in [0, 0.05) is 6.07 Å². The SMILES string of the molecule is Cc1cc2c(c(=O)o1)[C@H](O)[C@H](O)C(C)(C)O2. The van der Waals surface area contributed by atoms with E-state index in [1.165, 1.54) is 6.07 Å². The quantitative estimate of drug-likeness (QED) is 0.674. The van der Waals surface area contributed by atoms with E-state index < -0.39 is 23.4 Å². The van der Waals surface area contributed by atoms with E-state index in [1.54, 1.807) is 20.8 Å². The van der Waals surface area contributed by atoms with Crippen molar-refractivity contribution in [1.29, 1.82) is 0 Å². The maximum absolute atomic E-state index is 11.5. The lowest BCUT2D eigenvalue weighted by atomic mass is 9.89. The number of hydrogen-bond donors (Lipinski definition) is 2. The number of aliphatic hydroxyl groups is 2. The van der Waals surface area contributed by atoms with Gasteiger partial charge in [-0.1, -0.05) is 0 Å². The van der Waals surface area contributed by atoms with Crippen LogP contribution in [0.1, 0.15) is 31.3 Å². The molecule has 2 rings (SSSR count). The molecule has 0 fully saturated rings. The Bertz CT molecular complexity index is 474. The van der Waals surface area contributed by atoms with Crippen molar-refractivity contribution < 1.29 is 19.4 Å². The third-order valence-electron chi connectivity index (χ3n) is 2.75. The summed E-state index contributed by atoms with van der Waals surface area (Å²) in [7, 11) is 0. The number of aliphatic hydroxyl groups excluding tert-OH is 2. The summed E-state index contributed by atoms with van der Waals surface area (Å²) >= 11 is 0. The maximum Gasteiger partial charge on any atom is 0.345 e. The van der Waals surface area contributed by atoms with Crippen LogP contribution in [0.3, 0.4) is 0 Å². The highest BCUT2D eigenvalue weighted by Gasteiger charge is 2.44. The van der Waals surface area contributed by atoms with E-state index in [-0.39, 0.29) is 11.3 Å². The lowest BCUT2D eigenvalue weighted by molar-refractivity contribution is -0.113. The summed E-state index contributed by atoms with van der Waals surface area (Å²) in [6.45, 7) is 4.91. The number of ether oxygens (including phenoxy) is 1. The highest BCUT2D eigenvalue weighted by atomic mass is 16.5. The van der Waals surface area contributed by atoms with E-state index in [0.29, 0.717) is 5.76 Å². The molecule has 0 aliphatic carbocycles. The molecule has 2 N–H and O–H groups in total. The fourth-order valence-electron chi connectivity index (χ4n) is 1.83. The first-order valence-corrected chi connectivity index (χ1v) is 5.03. The predicted molar refractivity (Wildman–Crippen MR) is 55.4 cm³/mol. The summed E-state index contributed by atoms with van der Waals surface area (Å²) in [6.07, 6.45) is -2.44. The van der Waals surface area contributed by atoms with Crippen molar-refractivity contribution in [2.45, 2.75) is 38.6 Å². The molecule has 0 saturated carbocycles. The van der Waals surface area contributed by atoms with Crippen LogP contribution in [0.5, 0.6) is 5.75 Å². The van der Waals surface area contributed by atoms with Crippen LogP contribution in [0.2, 0.25) is 0 Å². The molecule has 2 atom stereocenters. The second kappa shape index (κ2) is 3.33. The molecular weight excluding hydrogens is 212 g/mol. The molecule has 5 heteroatoms. The van der Waals surface area contributed by atoms with Gasteiger partial charge in [-0.2, -0.15) is 0 Å². The Hall–Kier alpha value is -1.33. The second-order valence-electron chi connectivity index (χ2n) is 4.52. The van der Waals surface area contributed by atoms with Crippen molar-refractivity contribution in [3.8, 4) is 5.75 Å². The minimum Gasteiger partial charge on any atom is -0.484 e. The molecule has 0 amide bonds. The minimum absolute atomic E-state index is 0.0163. The van der Waals surface area contributed by atoms with Crippen molar-refractivity contribution in [2.75, 3.05) is 0 Å². The van der Waals surface area contributed by atoms with E-state index in [0.717, 1.165) is 0 Å². The maximum atomic E-state index is 11.5. The van der Waals surface area contributed by atoms with Gasteiger partial charge in [-0.25, -0.2) is 4.79 Å². The molecule has 1 aliphatic rings. The third-order valence-corrected chi connectivity index (χ3v) is 2.75. The van der Waals surface area contributed by atoms with Crippen LogP contribution in [0.25, 0.3) is 0 Å². The first kappa shape index (κ1) is 11.2. The van der Waals surface area contributed by atoms with Gasteiger partial charge in [0.2, 0.25) is 0 Å². The fourth-order valence-corrected chi connectivity index (χ4v) is 1.83. The smallest absolute Gasteiger partial charge is 0.345 e. The molecule has 1 aromatic heterocycles. The molecule has 1 aliphatic heterocycles. The van der Waals surface area contributed by atoms with Crippen LogP contribution in [0, 0.1) is 6.92 Å². The topological polar surface area (TPSA) is 79.9 Å². The van der Waals surface area contributed by atoms with Crippen LogP contribution in [0.15, 0.2) is 15.3 Å². The molecular formula is C11H14O5. The zero-order valence-electron chi connectivity index (χ0n) is 9.35. The van der Waals surface area contributed by atoms with Crippen LogP contribution in [-0.4, -0.2) is 21.9 Å². The number of aryl methyl sites for hydroxylation is 1. The van der Waals surface area contributed by atoms with Crippen molar-refractivity contribution in [1.82, 2.24) is 0 Å². The minimum atomic E-state index is -1.28. The zero-order valence-corrected chi connectivity index (χ0v) is 9.35. The molecule has 0 radical (unpaired) electrons. The van der Waals surface area contributed by atoms with Crippen LogP contribution >= 0.6 is 0 Å². The lowest BCUT2D eigenvalue weighted by Crippen LogP contribution is -2.50. The van der Waals surface area contributed by atoms with Crippen molar-refractivity contribution in [3.05, 3.63) is 27.8 Å². The molecule has 0 bridgehead atoms. The van der Waals surface area contributed by atoms with E-state index in [2.05, 4.69) is 0 Å². The first-order chi connectivity index (χ1) is 7.33. The molecule has 88 valence electrons. The van der Waals surface area contributed by atoms with Crippen molar-refractivity contribution in [2.24, 2.45) is 0 Å². The molecule has 2 heterocycles.